The molecule has 0 fully saturated rings. The Morgan fingerprint density at radius 3 is 2.63 bits per heavy atom. The number of rotatable bonds is 2. The quantitative estimate of drug-likeness (QED) is 0.750. The van der Waals surface area contributed by atoms with E-state index in [9.17, 15) is 5.11 Å². The van der Waals surface area contributed by atoms with E-state index < -0.39 is 0 Å². The molecule has 0 aliphatic heterocycles. The summed E-state index contributed by atoms with van der Waals surface area (Å²) < 4.78 is 0. The molecule has 2 aromatic carbocycles. The molecule has 0 spiro atoms. The first-order valence-corrected chi connectivity index (χ1v) is 6.08. The maximum absolute atomic E-state index is 9.82. The Morgan fingerprint density at radius 1 is 1.05 bits per heavy atom. The smallest absolute Gasteiger partial charge is 0.181 e. The van der Waals surface area contributed by atoms with Crippen LogP contribution in [0.3, 0.4) is 0 Å². The van der Waals surface area contributed by atoms with Gasteiger partial charge < -0.3 is 5.11 Å². The molecular formula is C14H10ClN3O. The van der Waals surface area contributed by atoms with Gasteiger partial charge in [0.1, 0.15) is 5.75 Å². The average molecular weight is 272 g/mol. The lowest BCUT2D eigenvalue weighted by Crippen LogP contribution is -1.82. The number of hydrogen-bond donors (Lipinski definition) is 2. The fraction of sp³-hybridized carbons (Fsp3) is 0. The van der Waals surface area contributed by atoms with Gasteiger partial charge in [-0.1, -0.05) is 41.9 Å². The highest BCUT2D eigenvalue weighted by molar-refractivity contribution is 6.30. The van der Waals surface area contributed by atoms with Gasteiger partial charge in [-0.25, -0.2) is 4.98 Å². The molecule has 1 aromatic heterocycles. The van der Waals surface area contributed by atoms with E-state index in [2.05, 4.69) is 15.2 Å². The molecule has 3 rings (SSSR count). The topological polar surface area (TPSA) is 61.8 Å². The second kappa shape index (κ2) is 4.74. The summed E-state index contributed by atoms with van der Waals surface area (Å²) in [7, 11) is 0. The minimum absolute atomic E-state index is 0.111. The van der Waals surface area contributed by atoms with Crippen molar-refractivity contribution in [1.82, 2.24) is 15.2 Å². The molecule has 3 aromatic rings. The molecule has 5 heteroatoms. The maximum Gasteiger partial charge on any atom is 0.181 e. The molecule has 0 saturated heterocycles. The van der Waals surface area contributed by atoms with Gasteiger partial charge in [-0.3, -0.25) is 5.10 Å². The lowest BCUT2D eigenvalue weighted by molar-refractivity contribution is 0.477. The summed E-state index contributed by atoms with van der Waals surface area (Å²) >= 11 is 5.92. The number of aromatic nitrogens is 3. The first-order chi connectivity index (χ1) is 9.24. The highest BCUT2D eigenvalue weighted by atomic mass is 35.5. The minimum Gasteiger partial charge on any atom is -0.507 e. The van der Waals surface area contributed by atoms with E-state index in [1.165, 1.54) is 6.07 Å². The summed E-state index contributed by atoms with van der Waals surface area (Å²) in [6, 6.07) is 14.4. The van der Waals surface area contributed by atoms with Gasteiger partial charge in [-0.2, -0.15) is 5.10 Å². The molecule has 0 radical (unpaired) electrons. The van der Waals surface area contributed by atoms with Crippen LogP contribution in [0.2, 0.25) is 5.02 Å². The highest BCUT2D eigenvalue weighted by Gasteiger charge is 2.11. The third-order valence-electron chi connectivity index (χ3n) is 2.73. The number of benzene rings is 2. The number of hydrogen-bond acceptors (Lipinski definition) is 3. The lowest BCUT2D eigenvalue weighted by Gasteiger charge is -2.00. The Bertz CT molecular complexity index is 710. The van der Waals surface area contributed by atoms with Crippen LogP contribution in [0, 0.1) is 0 Å². The maximum atomic E-state index is 9.82. The molecule has 0 bridgehead atoms. The van der Waals surface area contributed by atoms with Crippen LogP contribution in [0.4, 0.5) is 0 Å². The van der Waals surface area contributed by atoms with Crippen molar-refractivity contribution < 1.29 is 5.11 Å². The van der Waals surface area contributed by atoms with Gasteiger partial charge in [0.05, 0.1) is 5.56 Å². The second-order valence-electron chi connectivity index (χ2n) is 4.04. The number of aromatic amines is 1. The molecular weight excluding hydrogens is 262 g/mol. The van der Waals surface area contributed by atoms with Crippen LogP contribution < -0.4 is 0 Å². The third kappa shape index (κ3) is 2.30. The molecule has 1 heterocycles. The monoisotopic (exact) mass is 271 g/mol. The molecule has 0 aliphatic rings. The molecule has 0 unspecified atom stereocenters. The first-order valence-electron chi connectivity index (χ1n) is 5.71. The zero-order chi connectivity index (χ0) is 13.2. The van der Waals surface area contributed by atoms with Gasteiger partial charge in [0, 0.05) is 10.6 Å². The lowest BCUT2D eigenvalue weighted by atomic mass is 10.2. The van der Waals surface area contributed by atoms with Crippen molar-refractivity contribution in [2.45, 2.75) is 0 Å². The Labute approximate surface area is 114 Å². The standard InChI is InChI=1S/C14H10ClN3O/c15-10-6-7-12(19)11(8-10)14-16-13(17-18-14)9-4-2-1-3-5-9/h1-8,19H,(H,16,17,18). The highest BCUT2D eigenvalue weighted by Crippen LogP contribution is 2.30. The number of H-pyrrole nitrogens is 1. The van der Waals surface area contributed by atoms with Gasteiger partial charge in [0.15, 0.2) is 11.6 Å². The van der Waals surface area contributed by atoms with Crippen molar-refractivity contribution in [3.05, 3.63) is 53.6 Å². The SMILES string of the molecule is Oc1ccc(Cl)cc1-c1nc(-c2ccccc2)n[nH]1. The zero-order valence-corrected chi connectivity index (χ0v) is 10.6. The Balaban J connectivity index is 2.04. The van der Waals surface area contributed by atoms with Crippen molar-refractivity contribution in [2.24, 2.45) is 0 Å². The third-order valence-corrected chi connectivity index (χ3v) is 2.97. The molecule has 4 nitrogen and oxygen atoms in total. The van der Waals surface area contributed by atoms with Gasteiger partial charge in [0.2, 0.25) is 0 Å². The fourth-order valence-electron chi connectivity index (χ4n) is 1.80. The predicted molar refractivity (Wildman–Crippen MR) is 73.9 cm³/mol. The van der Waals surface area contributed by atoms with Crippen LogP contribution in [-0.2, 0) is 0 Å². The van der Waals surface area contributed by atoms with Gasteiger partial charge in [-0.05, 0) is 18.2 Å². The van der Waals surface area contributed by atoms with Gasteiger partial charge >= 0.3 is 0 Å². The molecule has 2 N–H and O–H groups in total. The van der Waals surface area contributed by atoms with Crippen LogP contribution >= 0.6 is 11.6 Å². The van der Waals surface area contributed by atoms with Crippen LogP contribution in [0.1, 0.15) is 0 Å². The summed E-state index contributed by atoms with van der Waals surface area (Å²) in [5, 5.41) is 17.3. The Morgan fingerprint density at radius 2 is 1.84 bits per heavy atom. The van der Waals surface area contributed by atoms with Crippen LogP contribution in [0.5, 0.6) is 5.75 Å². The van der Waals surface area contributed by atoms with E-state index in [-0.39, 0.29) is 5.75 Å². The van der Waals surface area contributed by atoms with E-state index >= 15 is 0 Å². The Hall–Kier alpha value is -2.33. The normalized spacial score (nSPS) is 10.6. The largest absolute Gasteiger partial charge is 0.507 e. The van der Waals surface area contributed by atoms with E-state index in [0.717, 1.165) is 5.56 Å². The summed E-state index contributed by atoms with van der Waals surface area (Å²) in [5.41, 5.74) is 1.44. The minimum atomic E-state index is 0.111. The molecule has 0 atom stereocenters. The van der Waals surface area contributed by atoms with Crippen LogP contribution in [-0.4, -0.2) is 20.3 Å². The van der Waals surface area contributed by atoms with Crippen LogP contribution in [0.25, 0.3) is 22.8 Å². The summed E-state index contributed by atoms with van der Waals surface area (Å²) in [4.78, 5) is 4.37. The second-order valence-corrected chi connectivity index (χ2v) is 4.47. The fourth-order valence-corrected chi connectivity index (χ4v) is 1.97. The van der Waals surface area contributed by atoms with Crippen molar-refractivity contribution in [1.29, 1.82) is 0 Å². The molecule has 19 heavy (non-hydrogen) atoms. The molecule has 0 saturated carbocycles. The summed E-state index contributed by atoms with van der Waals surface area (Å²) in [6.07, 6.45) is 0. The van der Waals surface area contributed by atoms with Gasteiger partial charge in [-0.15, -0.1) is 0 Å². The average Bonchev–Trinajstić information content (AvgIpc) is 2.92. The number of nitrogens with one attached hydrogen (secondary N) is 1. The first kappa shape index (κ1) is 11.7. The molecule has 94 valence electrons. The van der Waals surface area contributed by atoms with E-state index in [4.69, 9.17) is 11.6 Å². The summed E-state index contributed by atoms with van der Waals surface area (Å²) in [5.74, 6) is 1.17. The van der Waals surface area contributed by atoms with Crippen LogP contribution in [0.15, 0.2) is 48.5 Å². The number of aromatic hydroxyl groups is 1. The molecule has 0 aliphatic carbocycles. The van der Waals surface area contributed by atoms with Crippen molar-refractivity contribution in [2.75, 3.05) is 0 Å². The van der Waals surface area contributed by atoms with E-state index in [1.807, 2.05) is 30.3 Å². The van der Waals surface area contributed by atoms with E-state index in [1.54, 1.807) is 12.1 Å². The van der Waals surface area contributed by atoms with Crippen molar-refractivity contribution in [3.63, 3.8) is 0 Å². The number of nitrogens with zero attached hydrogens (tertiary/aromatic N) is 2. The number of halogens is 1. The van der Waals surface area contributed by atoms with Crippen molar-refractivity contribution >= 4 is 11.6 Å². The van der Waals surface area contributed by atoms with E-state index in [0.29, 0.717) is 22.2 Å². The zero-order valence-electron chi connectivity index (χ0n) is 9.84. The Kier molecular flexibility index (Phi) is 2.93. The predicted octanol–water partition coefficient (Wildman–Crippen LogP) is 3.50. The summed E-state index contributed by atoms with van der Waals surface area (Å²) in [6.45, 7) is 0. The number of phenols is 1. The van der Waals surface area contributed by atoms with Gasteiger partial charge in [0.25, 0.3) is 0 Å². The number of phenolic OH excluding ortho intramolecular Hbond substituents is 1. The molecule has 0 amide bonds. The van der Waals surface area contributed by atoms with Crippen molar-refractivity contribution in [3.8, 4) is 28.5 Å².